The van der Waals surface area contributed by atoms with Gasteiger partial charge in [-0.25, -0.2) is 0 Å². The summed E-state index contributed by atoms with van der Waals surface area (Å²) in [4.78, 5) is 33.4. The van der Waals surface area contributed by atoms with Crippen LogP contribution < -0.4 is 30.9 Å². The van der Waals surface area contributed by atoms with E-state index in [1.54, 1.807) is 7.11 Å². The van der Waals surface area contributed by atoms with Gasteiger partial charge in [0.1, 0.15) is 24.8 Å². The number of hydrogen-bond donors (Lipinski definition) is 4. The van der Waals surface area contributed by atoms with Gasteiger partial charge in [0.2, 0.25) is 11.8 Å². The highest BCUT2D eigenvalue weighted by Crippen LogP contribution is 2.34. The fraction of sp³-hybridized carbons (Fsp3) is 0.677. The quantitative estimate of drug-likeness (QED) is 0.341. The standard InChI is InChI=1S/C31H45N9O4/c1-36-12-14-37(15-13-36)22-16-21(17-23(18-22)43-2)33-31-32-19-24-28(35-31)40-26-9-8-25-29(34-26)38(27(41)20-44-25)10-6-4-3-5-7-11-39(40)30(24)42/h16-18,24-26,28-29,31-35H,3-4,6,8-15,19-20H2,1-2H3. The van der Waals surface area contributed by atoms with Crippen LogP contribution in [-0.2, 0) is 14.3 Å². The van der Waals surface area contributed by atoms with E-state index >= 15 is 0 Å². The molecule has 0 spiro atoms. The van der Waals surface area contributed by atoms with Crippen molar-refractivity contribution in [2.24, 2.45) is 5.92 Å². The summed E-state index contributed by atoms with van der Waals surface area (Å²) in [6.45, 7) is 5.66. The summed E-state index contributed by atoms with van der Waals surface area (Å²) in [6.07, 6.45) is 3.22. The van der Waals surface area contributed by atoms with Gasteiger partial charge in [0.05, 0.1) is 38.0 Å². The highest BCUT2D eigenvalue weighted by atomic mass is 16.5. The topological polar surface area (TPSA) is 117 Å². The zero-order valence-corrected chi connectivity index (χ0v) is 25.8. The number of piperazine rings is 1. The summed E-state index contributed by atoms with van der Waals surface area (Å²) in [7, 11) is 3.85. The summed E-state index contributed by atoms with van der Waals surface area (Å²) in [5.41, 5.74) is 2.06. The summed E-state index contributed by atoms with van der Waals surface area (Å²) in [5, 5.41) is 18.5. The number of nitrogens with zero attached hydrogens (tertiary/aromatic N) is 5. The molecule has 0 aromatic heterocycles. The van der Waals surface area contributed by atoms with Gasteiger partial charge in [0.25, 0.3) is 0 Å². The van der Waals surface area contributed by atoms with Crippen molar-refractivity contribution in [2.75, 3.05) is 76.8 Å². The average Bonchev–Trinajstić information content (AvgIpc) is 3.31. The number of fused-ring (bicyclic) bond motifs is 5. The Kier molecular flexibility index (Phi) is 8.54. The number of nitrogens with one attached hydrogen (secondary N) is 4. The Morgan fingerprint density at radius 3 is 2.70 bits per heavy atom. The molecular formula is C31H45N9O4. The van der Waals surface area contributed by atoms with Crippen LogP contribution in [0.2, 0.25) is 0 Å². The second-order valence-electron chi connectivity index (χ2n) is 12.6. The zero-order valence-electron chi connectivity index (χ0n) is 25.8. The lowest BCUT2D eigenvalue weighted by atomic mass is 9.99. The minimum Gasteiger partial charge on any atom is -0.497 e. The molecule has 44 heavy (non-hydrogen) atoms. The lowest BCUT2D eigenvalue weighted by Crippen LogP contribution is -2.72. The van der Waals surface area contributed by atoms with Crippen molar-refractivity contribution in [1.29, 1.82) is 0 Å². The second-order valence-corrected chi connectivity index (χ2v) is 12.6. The van der Waals surface area contributed by atoms with Crippen LogP contribution >= 0.6 is 0 Å². The lowest BCUT2D eigenvalue weighted by Gasteiger charge is -2.50. The van der Waals surface area contributed by atoms with Crippen LogP contribution in [0, 0.1) is 17.8 Å². The molecule has 6 heterocycles. The molecule has 2 amide bonds. The van der Waals surface area contributed by atoms with E-state index in [1.165, 1.54) is 0 Å². The highest BCUT2D eigenvalue weighted by Gasteiger charge is 2.53. The Labute approximate surface area is 259 Å². The first-order chi connectivity index (χ1) is 21.5. The number of carbonyl (C=O) groups excluding carboxylic acids is 2. The normalized spacial score (nSPS) is 33.3. The number of carbonyl (C=O) groups is 2. The number of benzene rings is 1. The number of rotatable bonds is 4. The van der Waals surface area contributed by atoms with Crippen LogP contribution in [-0.4, -0.2) is 129 Å². The van der Waals surface area contributed by atoms with Crippen molar-refractivity contribution in [3.05, 3.63) is 18.2 Å². The number of methoxy groups -OCH3 is 1. The molecule has 0 aliphatic carbocycles. The predicted octanol–water partition coefficient (Wildman–Crippen LogP) is -0.213. The molecule has 13 heteroatoms. The fourth-order valence-electron chi connectivity index (χ4n) is 7.39. The SMILES string of the molecule is COc1cc(NC2NCC3C(=O)N4CC#CCCCCN5C(=O)COC6CCC(NC65)N4C3N2)cc(N2CCN(C)CC2)c1. The van der Waals surface area contributed by atoms with Crippen LogP contribution in [0.3, 0.4) is 0 Å². The molecule has 6 atom stereocenters. The molecule has 238 valence electrons. The third-order valence-electron chi connectivity index (χ3n) is 9.84. The third kappa shape index (κ3) is 5.82. The fourth-order valence-corrected chi connectivity index (χ4v) is 7.39. The molecule has 6 aliphatic rings. The maximum Gasteiger partial charge on any atom is 0.249 e. The molecule has 6 unspecified atom stereocenters. The van der Waals surface area contributed by atoms with E-state index in [2.05, 4.69) is 67.1 Å². The highest BCUT2D eigenvalue weighted by molar-refractivity contribution is 5.82. The first-order valence-corrected chi connectivity index (χ1v) is 16.1. The van der Waals surface area contributed by atoms with Gasteiger partial charge in [-0.1, -0.05) is 5.92 Å². The Morgan fingerprint density at radius 1 is 1.00 bits per heavy atom. The Balaban J connectivity index is 1.12. The Bertz CT molecular complexity index is 1290. The smallest absolute Gasteiger partial charge is 0.249 e. The van der Waals surface area contributed by atoms with E-state index < -0.39 is 0 Å². The molecule has 13 nitrogen and oxygen atoms in total. The van der Waals surface area contributed by atoms with Crippen molar-refractivity contribution in [3.8, 4) is 17.6 Å². The molecule has 1 aromatic carbocycles. The van der Waals surface area contributed by atoms with Crippen molar-refractivity contribution < 1.29 is 19.1 Å². The van der Waals surface area contributed by atoms with Crippen molar-refractivity contribution in [2.45, 2.75) is 63.0 Å². The van der Waals surface area contributed by atoms with E-state index in [0.717, 1.165) is 75.4 Å². The van der Waals surface area contributed by atoms with Gasteiger partial charge in [0, 0.05) is 69.2 Å². The number of likely N-dealkylation sites (N-methyl/N-ethyl adjacent to an activating group) is 1. The van der Waals surface area contributed by atoms with E-state index in [0.29, 0.717) is 19.6 Å². The Hall–Kier alpha value is -3.12. The molecule has 6 aliphatic heterocycles. The summed E-state index contributed by atoms with van der Waals surface area (Å²) < 4.78 is 11.6. The van der Waals surface area contributed by atoms with Gasteiger partial charge in [-0.15, -0.1) is 5.92 Å². The molecule has 0 saturated carbocycles. The average molecular weight is 608 g/mol. The maximum atomic E-state index is 13.8. The van der Waals surface area contributed by atoms with Gasteiger partial charge < -0.3 is 29.5 Å². The first-order valence-electron chi connectivity index (χ1n) is 16.1. The summed E-state index contributed by atoms with van der Waals surface area (Å²) in [6, 6.07) is 6.27. The number of morpholine rings is 1. The van der Waals surface area contributed by atoms with Gasteiger partial charge in [-0.05, 0) is 38.8 Å². The minimum atomic E-state index is -0.278. The summed E-state index contributed by atoms with van der Waals surface area (Å²) in [5.74, 6) is 7.14. The minimum absolute atomic E-state index is 0.0195. The van der Waals surface area contributed by atoms with Crippen molar-refractivity contribution in [3.63, 3.8) is 0 Å². The monoisotopic (exact) mass is 607 g/mol. The van der Waals surface area contributed by atoms with Crippen LogP contribution in [0.4, 0.5) is 11.4 Å². The molecule has 5 fully saturated rings. The number of ether oxygens (including phenoxy) is 2. The van der Waals surface area contributed by atoms with E-state index in [9.17, 15) is 9.59 Å². The van der Waals surface area contributed by atoms with Gasteiger partial charge in [-0.2, -0.15) is 5.01 Å². The van der Waals surface area contributed by atoms with Crippen LogP contribution in [0.1, 0.15) is 32.1 Å². The van der Waals surface area contributed by atoms with Crippen molar-refractivity contribution in [1.82, 2.24) is 35.8 Å². The van der Waals surface area contributed by atoms with Crippen LogP contribution in [0.15, 0.2) is 18.2 Å². The number of amides is 2. The maximum absolute atomic E-state index is 13.8. The second kappa shape index (κ2) is 12.7. The molecule has 0 radical (unpaired) electrons. The first kappa shape index (κ1) is 29.6. The van der Waals surface area contributed by atoms with Gasteiger partial charge >= 0.3 is 0 Å². The number of hydrogen-bond acceptors (Lipinski definition) is 11. The van der Waals surface area contributed by atoms with E-state index in [-0.39, 0.29) is 55.2 Å². The zero-order chi connectivity index (χ0) is 30.2. The van der Waals surface area contributed by atoms with E-state index in [4.69, 9.17) is 9.47 Å². The molecule has 4 N–H and O–H groups in total. The number of piperidine rings is 1. The summed E-state index contributed by atoms with van der Waals surface area (Å²) >= 11 is 0. The van der Waals surface area contributed by atoms with Crippen LogP contribution in [0.5, 0.6) is 5.75 Å². The van der Waals surface area contributed by atoms with Gasteiger partial charge in [-0.3, -0.25) is 30.5 Å². The number of hydrazine groups is 1. The predicted molar refractivity (Wildman–Crippen MR) is 165 cm³/mol. The molecule has 5 saturated heterocycles. The molecular weight excluding hydrogens is 562 g/mol. The Morgan fingerprint density at radius 2 is 1.86 bits per heavy atom. The van der Waals surface area contributed by atoms with Crippen LogP contribution in [0.25, 0.3) is 0 Å². The number of anilines is 2. The van der Waals surface area contributed by atoms with Gasteiger partial charge in [0.15, 0.2) is 0 Å². The molecule has 2 bridgehead atoms. The van der Waals surface area contributed by atoms with Crippen molar-refractivity contribution >= 4 is 23.2 Å². The molecule has 7 rings (SSSR count). The largest absolute Gasteiger partial charge is 0.497 e. The lowest BCUT2D eigenvalue weighted by molar-refractivity contribution is -0.176. The van der Waals surface area contributed by atoms with E-state index in [1.807, 2.05) is 16.0 Å². The third-order valence-corrected chi connectivity index (χ3v) is 9.84. The molecule has 1 aromatic rings.